The van der Waals surface area contributed by atoms with Crippen molar-refractivity contribution in [1.29, 1.82) is 0 Å². The highest BCUT2D eigenvalue weighted by Crippen LogP contribution is 2.32. The van der Waals surface area contributed by atoms with Gasteiger partial charge < -0.3 is 10.5 Å². The Morgan fingerprint density at radius 1 is 1.24 bits per heavy atom. The number of nitrogens with zero attached hydrogens (tertiary/aromatic N) is 1. The second kappa shape index (κ2) is 5.62. The average molecular weight is 358 g/mol. The number of benzene rings is 1. The van der Waals surface area contributed by atoms with Crippen molar-refractivity contribution in [2.24, 2.45) is 5.73 Å². The number of rotatable bonds is 3. The maximum Gasteiger partial charge on any atom is 0.223 e. The Hall–Kier alpha value is -0.910. The molecule has 0 unspecified atom stereocenters. The normalized spacial score (nSPS) is 10.3. The highest BCUT2D eigenvalue weighted by atomic mass is 79.9. The number of hydrogen-bond acceptors (Lipinski definition) is 3. The predicted octanol–water partition coefficient (Wildman–Crippen LogP) is 3.86. The SMILES string of the molecule is NCc1cccnc1Oc1ccc(Br)cc1Br. The van der Waals surface area contributed by atoms with Crippen LogP contribution in [0.2, 0.25) is 0 Å². The summed E-state index contributed by atoms with van der Waals surface area (Å²) in [5, 5.41) is 0. The first kappa shape index (κ1) is 12.5. The Balaban J connectivity index is 2.31. The summed E-state index contributed by atoms with van der Waals surface area (Å²) in [6, 6.07) is 9.43. The van der Waals surface area contributed by atoms with Crippen LogP contribution < -0.4 is 10.5 Å². The largest absolute Gasteiger partial charge is 0.438 e. The molecule has 0 aliphatic rings. The second-order valence-electron chi connectivity index (χ2n) is 3.35. The molecule has 0 spiro atoms. The van der Waals surface area contributed by atoms with E-state index in [1.165, 1.54) is 0 Å². The third kappa shape index (κ3) is 3.06. The predicted molar refractivity (Wildman–Crippen MR) is 74.0 cm³/mol. The van der Waals surface area contributed by atoms with E-state index in [9.17, 15) is 0 Å². The van der Waals surface area contributed by atoms with Gasteiger partial charge in [-0.15, -0.1) is 0 Å². The lowest BCUT2D eigenvalue weighted by Crippen LogP contribution is -2.00. The van der Waals surface area contributed by atoms with E-state index in [1.54, 1.807) is 6.20 Å². The van der Waals surface area contributed by atoms with Crippen LogP contribution in [0.5, 0.6) is 11.6 Å². The molecule has 1 heterocycles. The first-order valence-corrected chi connectivity index (χ1v) is 6.56. The van der Waals surface area contributed by atoms with Gasteiger partial charge in [0.1, 0.15) is 5.75 Å². The smallest absolute Gasteiger partial charge is 0.223 e. The van der Waals surface area contributed by atoms with Gasteiger partial charge >= 0.3 is 0 Å². The Labute approximate surface area is 116 Å². The summed E-state index contributed by atoms with van der Waals surface area (Å²) in [6.45, 7) is 0.400. The summed E-state index contributed by atoms with van der Waals surface area (Å²) < 4.78 is 7.57. The minimum atomic E-state index is 0.400. The van der Waals surface area contributed by atoms with Crippen LogP contribution in [0.4, 0.5) is 0 Å². The molecule has 1 aromatic carbocycles. The van der Waals surface area contributed by atoms with Crippen molar-refractivity contribution in [2.75, 3.05) is 0 Å². The molecule has 0 bridgehead atoms. The van der Waals surface area contributed by atoms with E-state index >= 15 is 0 Å². The van der Waals surface area contributed by atoms with E-state index in [0.29, 0.717) is 18.2 Å². The van der Waals surface area contributed by atoms with E-state index in [2.05, 4.69) is 36.8 Å². The monoisotopic (exact) mass is 356 g/mol. The van der Waals surface area contributed by atoms with Gasteiger partial charge in [0.2, 0.25) is 5.88 Å². The molecule has 0 amide bonds. The lowest BCUT2D eigenvalue weighted by molar-refractivity contribution is 0.453. The van der Waals surface area contributed by atoms with E-state index in [1.807, 2.05) is 30.3 Å². The summed E-state index contributed by atoms with van der Waals surface area (Å²) in [5.41, 5.74) is 6.50. The molecule has 1 aromatic heterocycles. The molecule has 2 N–H and O–H groups in total. The Morgan fingerprint density at radius 3 is 2.76 bits per heavy atom. The molecule has 0 saturated heterocycles. The van der Waals surface area contributed by atoms with Crippen molar-refractivity contribution < 1.29 is 4.74 Å². The fourth-order valence-electron chi connectivity index (χ4n) is 1.33. The van der Waals surface area contributed by atoms with Crippen molar-refractivity contribution >= 4 is 31.9 Å². The number of pyridine rings is 1. The Bertz CT molecular complexity index is 532. The molecule has 0 fully saturated rings. The zero-order valence-electron chi connectivity index (χ0n) is 8.86. The standard InChI is InChI=1S/C12H10Br2N2O/c13-9-3-4-11(10(14)6-9)17-12-8(7-15)2-1-5-16-12/h1-6H,7,15H2. The van der Waals surface area contributed by atoms with Gasteiger partial charge in [-0.3, -0.25) is 0 Å². The minimum absolute atomic E-state index is 0.400. The fraction of sp³-hybridized carbons (Fsp3) is 0.0833. The van der Waals surface area contributed by atoms with E-state index in [4.69, 9.17) is 10.5 Å². The lowest BCUT2D eigenvalue weighted by atomic mass is 10.3. The van der Waals surface area contributed by atoms with Crippen LogP contribution in [0.25, 0.3) is 0 Å². The minimum Gasteiger partial charge on any atom is -0.438 e. The molecule has 2 aromatic rings. The van der Waals surface area contributed by atoms with E-state index in [0.717, 1.165) is 14.5 Å². The number of hydrogen-bond donors (Lipinski definition) is 1. The van der Waals surface area contributed by atoms with Gasteiger partial charge in [-0.1, -0.05) is 22.0 Å². The summed E-state index contributed by atoms with van der Waals surface area (Å²) in [4.78, 5) is 4.17. The summed E-state index contributed by atoms with van der Waals surface area (Å²) in [7, 11) is 0. The molecule has 0 atom stereocenters. The highest BCUT2D eigenvalue weighted by molar-refractivity contribution is 9.11. The van der Waals surface area contributed by atoms with Crippen molar-refractivity contribution in [3.8, 4) is 11.6 Å². The average Bonchev–Trinajstić information content (AvgIpc) is 2.33. The van der Waals surface area contributed by atoms with Gasteiger partial charge in [0.15, 0.2) is 0 Å². The maximum atomic E-state index is 5.73. The highest BCUT2D eigenvalue weighted by Gasteiger charge is 2.07. The number of aromatic nitrogens is 1. The van der Waals surface area contributed by atoms with Gasteiger partial charge in [-0.2, -0.15) is 0 Å². The number of nitrogens with two attached hydrogens (primary N) is 1. The molecule has 0 saturated carbocycles. The van der Waals surface area contributed by atoms with Crippen LogP contribution in [-0.2, 0) is 6.54 Å². The fourth-order valence-corrected chi connectivity index (χ4v) is 2.46. The molecule has 17 heavy (non-hydrogen) atoms. The van der Waals surface area contributed by atoms with Crippen LogP contribution in [0.3, 0.4) is 0 Å². The summed E-state index contributed by atoms with van der Waals surface area (Å²) in [5.74, 6) is 1.25. The third-order valence-electron chi connectivity index (χ3n) is 2.17. The number of halogens is 2. The van der Waals surface area contributed by atoms with Gasteiger partial charge in [0, 0.05) is 22.8 Å². The van der Waals surface area contributed by atoms with Gasteiger partial charge in [-0.25, -0.2) is 4.98 Å². The van der Waals surface area contributed by atoms with Crippen LogP contribution in [0, 0.1) is 0 Å². The van der Waals surface area contributed by atoms with Crippen molar-refractivity contribution in [2.45, 2.75) is 6.54 Å². The van der Waals surface area contributed by atoms with Crippen LogP contribution >= 0.6 is 31.9 Å². The molecule has 3 nitrogen and oxygen atoms in total. The Kier molecular flexibility index (Phi) is 4.15. The molecular weight excluding hydrogens is 348 g/mol. The van der Waals surface area contributed by atoms with Gasteiger partial charge in [-0.05, 0) is 40.2 Å². The summed E-state index contributed by atoms with van der Waals surface area (Å²) >= 11 is 6.83. The van der Waals surface area contributed by atoms with Crippen molar-refractivity contribution in [3.63, 3.8) is 0 Å². The molecule has 2 rings (SSSR count). The number of ether oxygens (including phenoxy) is 1. The van der Waals surface area contributed by atoms with Gasteiger partial charge in [0.25, 0.3) is 0 Å². The Morgan fingerprint density at radius 2 is 2.06 bits per heavy atom. The second-order valence-corrected chi connectivity index (χ2v) is 5.12. The van der Waals surface area contributed by atoms with Crippen LogP contribution in [0.15, 0.2) is 45.5 Å². The van der Waals surface area contributed by atoms with Crippen molar-refractivity contribution in [1.82, 2.24) is 4.98 Å². The van der Waals surface area contributed by atoms with Crippen molar-refractivity contribution in [3.05, 3.63) is 51.0 Å². The molecule has 0 aliphatic heterocycles. The molecular formula is C12H10Br2N2O. The van der Waals surface area contributed by atoms with E-state index in [-0.39, 0.29) is 0 Å². The third-order valence-corrected chi connectivity index (χ3v) is 3.28. The van der Waals surface area contributed by atoms with Crippen LogP contribution in [-0.4, -0.2) is 4.98 Å². The molecule has 0 aliphatic carbocycles. The van der Waals surface area contributed by atoms with Crippen LogP contribution in [0.1, 0.15) is 5.56 Å². The quantitative estimate of drug-likeness (QED) is 0.907. The first-order chi connectivity index (χ1) is 8.20. The zero-order chi connectivity index (χ0) is 12.3. The maximum absolute atomic E-state index is 5.73. The molecule has 5 heteroatoms. The van der Waals surface area contributed by atoms with Gasteiger partial charge in [0.05, 0.1) is 4.47 Å². The van der Waals surface area contributed by atoms with E-state index < -0.39 is 0 Å². The molecule has 0 radical (unpaired) electrons. The zero-order valence-corrected chi connectivity index (χ0v) is 12.0. The topological polar surface area (TPSA) is 48.1 Å². The molecule has 88 valence electrons. The lowest BCUT2D eigenvalue weighted by Gasteiger charge is -2.09. The summed E-state index contributed by atoms with van der Waals surface area (Å²) in [6.07, 6.45) is 1.68. The first-order valence-electron chi connectivity index (χ1n) is 4.97.